The number of aliphatic carboxylic acids is 1. The normalized spacial score (nSPS) is 30.5. The zero-order chi connectivity index (χ0) is 26.0. The van der Waals surface area contributed by atoms with Gasteiger partial charge in [0.05, 0.1) is 43.7 Å². The van der Waals surface area contributed by atoms with Crippen LogP contribution < -0.4 is 5.11 Å². The van der Waals surface area contributed by atoms with Crippen molar-refractivity contribution in [3.05, 3.63) is 11.6 Å². The minimum Gasteiger partial charge on any atom is -0.550 e. The Labute approximate surface area is 208 Å². The molecule has 2 aliphatic heterocycles. The Morgan fingerprint density at radius 1 is 1.06 bits per heavy atom. The summed E-state index contributed by atoms with van der Waals surface area (Å²) >= 11 is 0. The minimum atomic E-state index is -1.06. The van der Waals surface area contributed by atoms with Gasteiger partial charge in [0.25, 0.3) is 0 Å². The molecule has 0 aromatic carbocycles. The molecule has 0 amide bonds. The van der Waals surface area contributed by atoms with E-state index in [1.807, 2.05) is 6.92 Å². The van der Waals surface area contributed by atoms with Gasteiger partial charge in [0.2, 0.25) is 0 Å². The number of ether oxygens (including phenoxy) is 3. The monoisotopic (exact) mass is 499 g/mol. The average Bonchev–Trinajstić information content (AvgIpc) is 3.55. The number of hydrogen-bond acceptors (Lipinski definition) is 9. The van der Waals surface area contributed by atoms with Crippen molar-refractivity contribution in [2.75, 3.05) is 13.2 Å². The predicted molar refractivity (Wildman–Crippen MR) is 126 cm³/mol. The largest absolute Gasteiger partial charge is 0.550 e. The van der Waals surface area contributed by atoms with Crippen molar-refractivity contribution in [2.24, 2.45) is 11.8 Å². The van der Waals surface area contributed by atoms with Crippen LogP contribution in [-0.4, -0.2) is 77.1 Å². The summed E-state index contributed by atoms with van der Waals surface area (Å²) in [5.74, 6) is -1.68. The van der Waals surface area contributed by atoms with Crippen molar-refractivity contribution in [1.82, 2.24) is 0 Å². The first kappa shape index (κ1) is 29.7. The molecular formula is C26H43O9-. The third kappa shape index (κ3) is 10.6. The Bertz CT molecular complexity index is 692. The van der Waals surface area contributed by atoms with Gasteiger partial charge in [0.15, 0.2) is 0 Å². The van der Waals surface area contributed by atoms with Gasteiger partial charge in [0.1, 0.15) is 6.10 Å². The molecule has 0 aliphatic carbocycles. The van der Waals surface area contributed by atoms with Gasteiger partial charge < -0.3 is 39.4 Å². The summed E-state index contributed by atoms with van der Waals surface area (Å²) in [6.07, 6.45) is 4.29. The van der Waals surface area contributed by atoms with Crippen LogP contribution in [0.5, 0.6) is 0 Å². The van der Waals surface area contributed by atoms with Crippen molar-refractivity contribution in [2.45, 2.75) is 115 Å². The molecule has 0 aromatic heterocycles. The highest BCUT2D eigenvalue weighted by Crippen LogP contribution is 2.38. The standard InChI is InChI=1S/C26H44O9/c1-16(13-23(30)33-11-9-7-5-4-6-8-10-22(28)29)12-20-25(32)24(31)19(15-34-20)14-21-26(35-21)17(2)18(3)27/h13,17-21,24-27,31-32H,4-12,14-15H2,1-3H3,(H,28,29)/p-1/b16-13+/t17-,18-,19-,20-,21?,24+,25-,26?/m0/s1. The van der Waals surface area contributed by atoms with E-state index in [9.17, 15) is 30.0 Å². The van der Waals surface area contributed by atoms with Crippen LogP contribution in [-0.2, 0) is 23.8 Å². The maximum absolute atomic E-state index is 12.0. The third-order valence-corrected chi connectivity index (χ3v) is 7.08. The molecule has 0 bridgehead atoms. The number of carbonyl (C=O) groups is 2. The number of esters is 1. The Kier molecular flexibility index (Phi) is 12.6. The van der Waals surface area contributed by atoms with Crippen LogP contribution in [0.15, 0.2) is 11.6 Å². The van der Waals surface area contributed by atoms with Crippen molar-refractivity contribution in [3.8, 4) is 0 Å². The van der Waals surface area contributed by atoms with Crippen LogP contribution in [0.4, 0.5) is 0 Å². The first-order valence-electron chi connectivity index (χ1n) is 12.9. The SMILES string of the molecule is C/C(=C\C(=O)OCCCCCCCCC(=O)[O-])C[C@@H]1OC[C@H](CC2OC2[C@@H](C)[C@H](C)O)[C@@H](O)[C@H]1O. The van der Waals surface area contributed by atoms with Gasteiger partial charge in [-0.15, -0.1) is 0 Å². The molecule has 2 unspecified atom stereocenters. The van der Waals surface area contributed by atoms with Crippen molar-refractivity contribution >= 4 is 11.9 Å². The van der Waals surface area contributed by atoms with E-state index in [2.05, 4.69) is 0 Å². The van der Waals surface area contributed by atoms with Crippen LogP contribution in [0, 0.1) is 11.8 Å². The molecular weight excluding hydrogens is 456 g/mol. The van der Waals surface area contributed by atoms with Crippen LogP contribution in [0.3, 0.4) is 0 Å². The first-order chi connectivity index (χ1) is 16.6. The number of aliphatic hydroxyl groups is 3. The Morgan fingerprint density at radius 2 is 1.71 bits per heavy atom. The van der Waals surface area contributed by atoms with Gasteiger partial charge >= 0.3 is 5.97 Å². The maximum Gasteiger partial charge on any atom is 0.330 e. The summed E-state index contributed by atoms with van der Waals surface area (Å²) in [4.78, 5) is 22.4. The fourth-order valence-corrected chi connectivity index (χ4v) is 4.58. The van der Waals surface area contributed by atoms with E-state index in [0.29, 0.717) is 38.0 Å². The summed E-state index contributed by atoms with van der Waals surface area (Å²) in [5.41, 5.74) is 0.703. The van der Waals surface area contributed by atoms with Gasteiger partial charge in [-0.05, 0) is 46.0 Å². The summed E-state index contributed by atoms with van der Waals surface area (Å²) in [6, 6.07) is 0. The van der Waals surface area contributed by atoms with Crippen molar-refractivity contribution in [1.29, 1.82) is 0 Å². The topological polar surface area (TPSA) is 149 Å². The Hall–Kier alpha value is -1.52. The predicted octanol–water partition coefficient (Wildman–Crippen LogP) is 1.26. The lowest BCUT2D eigenvalue weighted by atomic mass is 9.85. The average molecular weight is 500 g/mol. The van der Waals surface area contributed by atoms with E-state index < -0.39 is 36.4 Å². The summed E-state index contributed by atoms with van der Waals surface area (Å²) < 4.78 is 16.7. The second kappa shape index (κ2) is 14.9. The molecule has 2 aliphatic rings. The minimum absolute atomic E-state index is 0.0141. The number of epoxide rings is 1. The Balaban J connectivity index is 1.62. The van der Waals surface area contributed by atoms with E-state index >= 15 is 0 Å². The summed E-state index contributed by atoms with van der Waals surface area (Å²) in [5, 5.41) is 41.2. The summed E-state index contributed by atoms with van der Waals surface area (Å²) in [6.45, 7) is 6.05. The molecule has 35 heavy (non-hydrogen) atoms. The molecule has 0 spiro atoms. The highest BCUT2D eigenvalue weighted by Gasteiger charge is 2.48. The number of hydrogen-bond donors (Lipinski definition) is 3. The lowest BCUT2D eigenvalue weighted by Gasteiger charge is -2.38. The van der Waals surface area contributed by atoms with Gasteiger partial charge in [-0.3, -0.25) is 0 Å². The van der Waals surface area contributed by atoms with Crippen LogP contribution >= 0.6 is 0 Å². The van der Waals surface area contributed by atoms with Crippen molar-refractivity contribution < 1.29 is 44.2 Å². The van der Waals surface area contributed by atoms with E-state index in [-0.39, 0.29) is 30.5 Å². The zero-order valence-electron chi connectivity index (χ0n) is 21.3. The molecule has 9 heteroatoms. The third-order valence-electron chi connectivity index (χ3n) is 7.08. The van der Waals surface area contributed by atoms with Crippen LogP contribution in [0.25, 0.3) is 0 Å². The van der Waals surface area contributed by atoms with Crippen LogP contribution in [0.1, 0.15) is 78.6 Å². The smallest absolute Gasteiger partial charge is 0.330 e. The second-order valence-electron chi connectivity index (χ2n) is 10.2. The lowest BCUT2D eigenvalue weighted by molar-refractivity contribution is -0.305. The maximum atomic E-state index is 12.0. The Morgan fingerprint density at radius 3 is 2.37 bits per heavy atom. The molecule has 8 atom stereocenters. The fourth-order valence-electron chi connectivity index (χ4n) is 4.58. The van der Waals surface area contributed by atoms with Gasteiger partial charge in [-0.25, -0.2) is 4.79 Å². The number of carboxylic acids is 1. The number of carbonyl (C=O) groups excluding carboxylic acids is 2. The van der Waals surface area contributed by atoms with Gasteiger partial charge in [-0.1, -0.05) is 38.2 Å². The molecule has 202 valence electrons. The molecule has 0 radical (unpaired) electrons. The fraction of sp³-hybridized carbons (Fsp3) is 0.846. The van der Waals surface area contributed by atoms with Crippen molar-refractivity contribution in [3.63, 3.8) is 0 Å². The highest BCUT2D eigenvalue weighted by atomic mass is 16.6. The van der Waals surface area contributed by atoms with E-state index in [1.54, 1.807) is 13.8 Å². The van der Waals surface area contributed by atoms with Crippen LogP contribution in [0.2, 0.25) is 0 Å². The second-order valence-corrected chi connectivity index (χ2v) is 10.2. The quantitative estimate of drug-likeness (QED) is 0.123. The summed E-state index contributed by atoms with van der Waals surface area (Å²) in [7, 11) is 0. The molecule has 2 saturated heterocycles. The highest BCUT2D eigenvalue weighted by molar-refractivity contribution is 5.82. The van der Waals surface area contributed by atoms with E-state index in [4.69, 9.17) is 14.2 Å². The van der Waals surface area contributed by atoms with E-state index in [0.717, 1.165) is 32.1 Å². The first-order valence-corrected chi connectivity index (χ1v) is 12.9. The lowest BCUT2D eigenvalue weighted by Crippen LogP contribution is -2.50. The van der Waals surface area contributed by atoms with Gasteiger partial charge in [-0.2, -0.15) is 0 Å². The number of rotatable bonds is 16. The number of unbranched alkanes of at least 4 members (excludes halogenated alkanes) is 5. The molecule has 0 saturated carbocycles. The number of carboxylic acid groups (broad SMARTS) is 1. The van der Waals surface area contributed by atoms with Gasteiger partial charge in [0, 0.05) is 23.9 Å². The molecule has 0 aromatic rings. The molecule has 9 nitrogen and oxygen atoms in total. The molecule has 2 rings (SSSR count). The molecule has 2 heterocycles. The number of aliphatic hydroxyl groups excluding tert-OH is 3. The molecule has 2 fully saturated rings. The zero-order valence-corrected chi connectivity index (χ0v) is 21.3. The molecule has 3 N–H and O–H groups in total. The van der Waals surface area contributed by atoms with E-state index in [1.165, 1.54) is 6.08 Å².